The third kappa shape index (κ3) is 2.37. The minimum Gasteiger partial charge on any atom is -0.289 e. The highest BCUT2D eigenvalue weighted by Crippen LogP contribution is 2.25. The SMILES string of the molecule is Cc1cccc(C(=O)C2=CCCCC2)c1I. The number of allylic oxidation sites excluding steroid dienone is 2. The molecule has 0 saturated carbocycles. The normalized spacial score (nSPS) is 15.8. The van der Waals surface area contributed by atoms with Gasteiger partial charge < -0.3 is 0 Å². The topological polar surface area (TPSA) is 17.1 Å². The van der Waals surface area contributed by atoms with Crippen LogP contribution >= 0.6 is 22.6 Å². The summed E-state index contributed by atoms with van der Waals surface area (Å²) >= 11 is 2.27. The number of halogens is 1. The summed E-state index contributed by atoms with van der Waals surface area (Å²) in [6.07, 6.45) is 6.50. The van der Waals surface area contributed by atoms with Crippen LogP contribution in [0, 0.1) is 10.5 Å². The number of hydrogen-bond donors (Lipinski definition) is 0. The Morgan fingerprint density at radius 1 is 1.31 bits per heavy atom. The van der Waals surface area contributed by atoms with Crippen LogP contribution < -0.4 is 0 Å². The predicted octanol–water partition coefficient (Wildman–Crippen LogP) is 4.28. The average molecular weight is 326 g/mol. The molecule has 2 rings (SSSR count). The van der Waals surface area contributed by atoms with E-state index in [1.165, 1.54) is 12.0 Å². The summed E-state index contributed by atoms with van der Waals surface area (Å²) in [4.78, 5) is 12.3. The van der Waals surface area contributed by atoms with Crippen molar-refractivity contribution in [2.75, 3.05) is 0 Å². The molecule has 0 fully saturated rings. The van der Waals surface area contributed by atoms with Crippen LogP contribution in [0.2, 0.25) is 0 Å². The number of Topliss-reactive ketones (excluding diaryl/α,β-unsaturated/α-hetero) is 1. The second-order valence-electron chi connectivity index (χ2n) is 4.24. The zero-order chi connectivity index (χ0) is 11.5. The second kappa shape index (κ2) is 5.13. The van der Waals surface area contributed by atoms with Gasteiger partial charge in [-0.1, -0.05) is 18.2 Å². The van der Waals surface area contributed by atoms with Crippen molar-refractivity contribution in [3.63, 3.8) is 0 Å². The molecule has 0 radical (unpaired) electrons. The first-order valence-corrected chi connectivity index (χ1v) is 6.77. The summed E-state index contributed by atoms with van der Waals surface area (Å²) in [6, 6.07) is 5.95. The van der Waals surface area contributed by atoms with Crippen molar-refractivity contribution in [1.29, 1.82) is 0 Å². The molecule has 0 heterocycles. The minimum absolute atomic E-state index is 0.229. The van der Waals surface area contributed by atoms with E-state index in [0.717, 1.165) is 34.0 Å². The molecular formula is C14H15IO. The molecule has 0 atom stereocenters. The van der Waals surface area contributed by atoms with Crippen LogP contribution in [0.5, 0.6) is 0 Å². The van der Waals surface area contributed by atoms with Crippen LogP contribution in [0.1, 0.15) is 41.6 Å². The number of aryl methyl sites for hydroxylation is 1. The summed E-state index contributed by atoms with van der Waals surface area (Å²) in [6.45, 7) is 2.05. The summed E-state index contributed by atoms with van der Waals surface area (Å²) < 4.78 is 1.09. The lowest BCUT2D eigenvalue weighted by molar-refractivity contribution is 0.102. The van der Waals surface area contributed by atoms with Crippen molar-refractivity contribution in [1.82, 2.24) is 0 Å². The average Bonchev–Trinajstić information content (AvgIpc) is 2.33. The number of carbonyl (C=O) groups excluding carboxylic acids is 1. The first kappa shape index (κ1) is 11.8. The first-order chi connectivity index (χ1) is 7.70. The zero-order valence-electron chi connectivity index (χ0n) is 9.42. The number of hydrogen-bond acceptors (Lipinski definition) is 1. The van der Waals surface area contributed by atoms with E-state index in [9.17, 15) is 4.79 Å². The van der Waals surface area contributed by atoms with E-state index in [-0.39, 0.29) is 5.78 Å². The molecular weight excluding hydrogens is 311 g/mol. The lowest BCUT2D eigenvalue weighted by atomic mass is 9.92. The van der Waals surface area contributed by atoms with Gasteiger partial charge >= 0.3 is 0 Å². The lowest BCUT2D eigenvalue weighted by Gasteiger charge is -2.13. The molecule has 0 unspecified atom stereocenters. The van der Waals surface area contributed by atoms with E-state index in [1.54, 1.807) is 0 Å². The largest absolute Gasteiger partial charge is 0.289 e. The molecule has 0 aliphatic heterocycles. The predicted molar refractivity (Wildman–Crippen MR) is 74.8 cm³/mol. The zero-order valence-corrected chi connectivity index (χ0v) is 11.6. The maximum atomic E-state index is 12.3. The van der Waals surface area contributed by atoms with Crippen LogP contribution in [0.4, 0.5) is 0 Å². The monoisotopic (exact) mass is 326 g/mol. The molecule has 0 spiro atoms. The quantitative estimate of drug-likeness (QED) is 0.585. The van der Waals surface area contributed by atoms with E-state index in [2.05, 4.69) is 28.7 Å². The third-order valence-electron chi connectivity index (χ3n) is 3.02. The fourth-order valence-corrected chi connectivity index (χ4v) is 2.64. The molecule has 0 bridgehead atoms. The number of carbonyl (C=O) groups is 1. The van der Waals surface area contributed by atoms with Gasteiger partial charge in [0.05, 0.1) is 0 Å². The van der Waals surface area contributed by atoms with Crippen molar-refractivity contribution < 1.29 is 4.79 Å². The Balaban J connectivity index is 2.33. The summed E-state index contributed by atoms with van der Waals surface area (Å²) in [7, 11) is 0. The maximum Gasteiger partial charge on any atom is 0.189 e. The molecule has 84 valence electrons. The highest BCUT2D eigenvalue weighted by molar-refractivity contribution is 14.1. The van der Waals surface area contributed by atoms with Crippen LogP contribution in [0.25, 0.3) is 0 Å². The van der Waals surface area contributed by atoms with Crippen molar-refractivity contribution >= 4 is 28.4 Å². The highest BCUT2D eigenvalue weighted by atomic mass is 127. The van der Waals surface area contributed by atoms with Gasteiger partial charge in [0, 0.05) is 9.13 Å². The molecule has 2 heteroatoms. The molecule has 1 aromatic carbocycles. The van der Waals surface area contributed by atoms with Crippen molar-refractivity contribution in [3.8, 4) is 0 Å². The Morgan fingerprint density at radius 2 is 2.12 bits per heavy atom. The van der Waals surface area contributed by atoms with E-state index in [1.807, 2.05) is 25.1 Å². The highest BCUT2D eigenvalue weighted by Gasteiger charge is 2.17. The third-order valence-corrected chi connectivity index (χ3v) is 4.45. The standard InChI is InChI=1S/C14H15IO/c1-10-6-5-9-12(13(10)15)14(16)11-7-3-2-4-8-11/h5-7,9H,2-4,8H2,1H3. The molecule has 1 aromatic rings. The first-order valence-electron chi connectivity index (χ1n) is 5.69. The Bertz CT molecular complexity index is 446. The van der Waals surface area contributed by atoms with Crippen LogP contribution in [-0.2, 0) is 0 Å². The molecule has 1 aliphatic rings. The smallest absolute Gasteiger partial charge is 0.189 e. The fourth-order valence-electron chi connectivity index (χ4n) is 2.04. The van der Waals surface area contributed by atoms with Gasteiger partial charge in [0.15, 0.2) is 5.78 Å². The van der Waals surface area contributed by atoms with Gasteiger partial charge in [-0.3, -0.25) is 4.79 Å². The number of ketones is 1. The molecule has 1 aliphatic carbocycles. The van der Waals surface area contributed by atoms with E-state index >= 15 is 0 Å². The lowest BCUT2D eigenvalue weighted by Crippen LogP contribution is -2.08. The summed E-state index contributed by atoms with van der Waals surface area (Å²) in [5.41, 5.74) is 3.06. The van der Waals surface area contributed by atoms with Crippen LogP contribution in [-0.4, -0.2) is 5.78 Å². The summed E-state index contributed by atoms with van der Waals surface area (Å²) in [5, 5.41) is 0. The van der Waals surface area contributed by atoms with Crippen molar-refractivity contribution in [2.24, 2.45) is 0 Å². The van der Waals surface area contributed by atoms with Crippen LogP contribution in [0.15, 0.2) is 29.8 Å². The van der Waals surface area contributed by atoms with Gasteiger partial charge in [-0.2, -0.15) is 0 Å². The Kier molecular flexibility index (Phi) is 3.79. The molecule has 16 heavy (non-hydrogen) atoms. The van der Waals surface area contributed by atoms with Crippen molar-refractivity contribution in [2.45, 2.75) is 32.6 Å². The van der Waals surface area contributed by atoms with E-state index in [0.29, 0.717) is 0 Å². The van der Waals surface area contributed by atoms with Gasteiger partial charge in [0.2, 0.25) is 0 Å². The van der Waals surface area contributed by atoms with E-state index < -0.39 is 0 Å². The van der Waals surface area contributed by atoms with Gasteiger partial charge in [-0.05, 0) is 72.4 Å². The Hall–Kier alpha value is -0.640. The Morgan fingerprint density at radius 3 is 2.81 bits per heavy atom. The van der Waals surface area contributed by atoms with E-state index in [4.69, 9.17) is 0 Å². The molecule has 0 aromatic heterocycles. The van der Waals surface area contributed by atoms with Crippen molar-refractivity contribution in [3.05, 3.63) is 44.5 Å². The second-order valence-corrected chi connectivity index (χ2v) is 5.32. The summed E-state index contributed by atoms with van der Waals surface area (Å²) in [5.74, 6) is 0.229. The minimum atomic E-state index is 0.229. The molecule has 0 saturated heterocycles. The number of rotatable bonds is 2. The molecule has 0 N–H and O–H groups in total. The van der Waals surface area contributed by atoms with Gasteiger partial charge in [0.1, 0.15) is 0 Å². The maximum absolute atomic E-state index is 12.3. The van der Waals surface area contributed by atoms with Crippen LogP contribution in [0.3, 0.4) is 0 Å². The van der Waals surface area contributed by atoms with Gasteiger partial charge in [-0.25, -0.2) is 0 Å². The molecule has 1 nitrogen and oxygen atoms in total. The fraction of sp³-hybridized carbons (Fsp3) is 0.357. The van der Waals surface area contributed by atoms with Gasteiger partial charge in [0.25, 0.3) is 0 Å². The molecule has 0 amide bonds. The Labute approximate surface area is 110 Å². The number of benzene rings is 1. The van der Waals surface area contributed by atoms with Gasteiger partial charge in [-0.15, -0.1) is 0 Å².